The average molecular weight is 295 g/mol. The average Bonchev–Trinajstić information content (AvgIpc) is 3.01. The molecule has 3 rings (SSSR count). The summed E-state index contributed by atoms with van der Waals surface area (Å²) in [5, 5.41) is 0. The Kier molecular flexibility index (Phi) is 4.47. The van der Waals surface area contributed by atoms with Crippen molar-refractivity contribution in [1.29, 1.82) is 0 Å². The normalized spacial score (nSPS) is 17.7. The quantitative estimate of drug-likeness (QED) is 0.871. The number of nitrogens with zero attached hydrogens (tertiary/aromatic N) is 3. The predicted octanol–water partition coefficient (Wildman–Crippen LogP) is 3.02. The van der Waals surface area contributed by atoms with Crippen LogP contribution in [0.1, 0.15) is 40.9 Å². The third-order valence-electron chi connectivity index (χ3n) is 4.27. The van der Waals surface area contributed by atoms with Crippen LogP contribution in [0.15, 0.2) is 42.9 Å². The first-order valence-corrected chi connectivity index (χ1v) is 7.86. The van der Waals surface area contributed by atoms with Gasteiger partial charge in [0.15, 0.2) is 0 Å². The smallest absolute Gasteiger partial charge is 0.255 e. The minimum Gasteiger partial charge on any atom is -0.336 e. The Morgan fingerprint density at radius 2 is 2.27 bits per heavy atom. The third-order valence-corrected chi connectivity index (χ3v) is 4.27. The molecule has 0 unspecified atom stereocenters. The van der Waals surface area contributed by atoms with Crippen LogP contribution >= 0.6 is 0 Å². The topological polar surface area (TPSA) is 46.1 Å². The van der Waals surface area contributed by atoms with E-state index in [0.29, 0.717) is 11.6 Å². The molecule has 4 nitrogen and oxygen atoms in total. The van der Waals surface area contributed by atoms with Gasteiger partial charge >= 0.3 is 0 Å². The van der Waals surface area contributed by atoms with Gasteiger partial charge in [0.1, 0.15) is 0 Å². The van der Waals surface area contributed by atoms with Crippen molar-refractivity contribution >= 4 is 5.91 Å². The number of amides is 1. The molecule has 1 aliphatic rings. The van der Waals surface area contributed by atoms with Gasteiger partial charge < -0.3 is 4.90 Å². The molecule has 1 amide bonds. The van der Waals surface area contributed by atoms with Crippen molar-refractivity contribution in [3.05, 3.63) is 59.7 Å². The molecule has 1 fully saturated rings. The Balaban J connectivity index is 1.65. The van der Waals surface area contributed by atoms with Gasteiger partial charge in [-0.1, -0.05) is 0 Å². The van der Waals surface area contributed by atoms with E-state index in [1.807, 2.05) is 30.2 Å². The molecule has 22 heavy (non-hydrogen) atoms. The molecule has 2 aromatic heterocycles. The van der Waals surface area contributed by atoms with Crippen molar-refractivity contribution in [1.82, 2.24) is 14.9 Å². The Morgan fingerprint density at radius 1 is 1.36 bits per heavy atom. The predicted molar refractivity (Wildman–Crippen MR) is 85.6 cm³/mol. The molecule has 1 aliphatic heterocycles. The van der Waals surface area contributed by atoms with Gasteiger partial charge in [0, 0.05) is 36.9 Å². The minimum absolute atomic E-state index is 0.113. The second-order valence-corrected chi connectivity index (χ2v) is 5.88. The fourth-order valence-corrected chi connectivity index (χ4v) is 3.15. The number of hydrogen-bond donors (Lipinski definition) is 0. The van der Waals surface area contributed by atoms with Gasteiger partial charge in [-0.3, -0.25) is 14.8 Å². The maximum absolute atomic E-state index is 12.6. The van der Waals surface area contributed by atoms with E-state index in [1.54, 1.807) is 12.4 Å². The first-order valence-electron chi connectivity index (χ1n) is 7.86. The van der Waals surface area contributed by atoms with Crippen molar-refractivity contribution in [3.63, 3.8) is 0 Å². The van der Waals surface area contributed by atoms with Gasteiger partial charge in [-0.2, -0.15) is 0 Å². The van der Waals surface area contributed by atoms with Crippen molar-refractivity contribution in [2.75, 3.05) is 6.54 Å². The van der Waals surface area contributed by atoms with E-state index >= 15 is 0 Å². The van der Waals surface area contributed by atoms with Gasteiger partial charge in [-0.15, -0.1) is 0 Å². The van der Waals surface area contributed by atoms with Crippen LogP contribution in [0, 0.1) is 6.92 Å². The molecule has 3 heterocycles. The van der Waals surface area contributed by atoms with Crippen molar-refractivity contribution < 1.29 is 4.79 Å². The number of pyridine rings is 2. The fourth-order valence-electron chi connectivity index (χ4n) is 3.15. The lowest BCUT2D eigenvalue weighted by atomic mass is 10.0. The number of likely N-dealkylation sites (tertiary alicyclic amines) is 1. The van der Waals surface area contributed by atoms with E-state index in [4.69, 9.17) is 0 Å². The lowest BCUT2D eigenvalue weighted by Gasteiger charge is -2.24. The Hall–Kier alpha value is -2.23. The van der Waals surface area contributed by atoms with Crippen LogP contribution in [-0.2, 0) is 6.42 Å². The summed E-state index contributed by atoms with van der Waals surface area (Å²) in [4.78, 5) is 22.9. The largest absolute Gasteiger partial charge is 0.336 e. The molecule has 2 aromatic rings. The zero-order valence-electron chi connectivity index (χ0n) is 12.9. The van der Waals surface area contributed by atoms with Crippen molar-refractivity contribution in [2.24, 2.45) is 0 Å². The molecule has 0 spiro atoms. The van der Waals surface area contributed by atoms with E-state index in [0.717, 1.165) is 37.9 Å². The van der Waals surface area contributed by atoms with Crippen molar-refractivity contribution in [2.45, 2.75) is 38.6 Å². The second-order valence-electron chi connectivity index (χ2n) is 5.88. The molecule has 114 valence electrons. The summed E-state index contributed by atoms with van der Waals surface area (Å²) in [5.41, 5.74) is 3.04. The molecule has 0 saturated carbocycles. The highest BCUT2D eigenvalue weighted by Gasteiger charge is 2.29. The standard InChI is InChI=1S/C18H21N3O/c1-14-12-15(8-10-20-14)6-7-17-5-3-11-21(17)18(22)16-4-2-9-19-13-16/h2,4,8-10,12-13,17H,3,5-7,11H2,1H3/t17-/m0/s1. The number of rotatable bonds is 4. The Bertz CT molecular complexity index is 642. The van der Waals surface area contributed by atoms with Gasteiger partial charge in [0.05, 0.1) is 5.56 Å². The van der Waals surface area contributed by atoms with E-state index < -0.39 is 0 Å². The van der Waals surface area contributed by atoms with E-state index in [1.165, 1.54) is 5.56 Å². The van der Waals surface area contributed by atoms with Crippen LogP contribution in [0.3, 0.4) is 0 Å². The number of aromatic nitrogens is 2. The third kappa shape index (κ3) is 3.32. The molecule has 1 atom stereocenters. The molecule has 0 aromatic carbocycles. The lowest BCUT2D eigenvalue weighted by molar-refractivity contribution is 0.0730. The summed E-state index contributed by atoms with van der Waals surface area (Å²) < 4.78 is 0. The highest BCUT2D eigenvalue weighted by molar-refractivity contribution is 5.94. The van der Waals surface area contributed by atoms with E-state index in [2.05, 4.69) is 22.1 Å². The molecule has 0 N–H and O–H groups in total. The summed E-state index contributed by atoms with van der Waals surface area (Å²) in [6.07, 6.45) is 9.40. The second kappa shape index (κ2) is 6.69. The van der Waals surface area contributed by atoms with Crippen molar-refractivity contribution in [3.8, 4) is 0 Å². The molecular formula is C18H21N3O. The van der Waals surface area contributed by atoms with E-state index in [-0.39, 0.29) is 5.91 Å². The summed E-state index contributed by atoms with van der Waals surface area (Å²) in [6, 6.07) is 8.19. The summed E-state index contributed by atoms with van der Waals surface area (Å²) >= 11 is 0. The van der Waals surface area contributed by atoms with Gasteiger partial charge in [-0.05, 0) is 62.4 Å². The zero-order valence-corrected chi connectivity index (χ0v) is 12.9. The SMILES string of the molecule is Cc1cc(CC[C@@H]2CCCN2C(=O)c2cccnc2)ccn1. The van der Waals surface area contributed by atoms with Crippen LogP contribution in [0.25, 0.3) is 0 Å². The van der Waals surface area contributed by atoms with Crippen LogP contribution in [0.4, 0.5) is 0 Å². The molecule has 4 heteroatoms. The Morgan fingerprint density at radius 3 is 3.05 bits per heavy atom. The summed E-state index contributed by atoms with van der Waals surface area (Å²) in [6.45, 7) is 2.87. The maximum atomic E-state index is 12.6. The van der Waals surface area contributed by atoms with Crippen LogP contribution in [0.2, 0.25) is 0 Å². The Labute approximate surface area is 131 Å². The summed E-state index contributed by atoms with van der Waals surface area (Å²) in [5.74, 6) is 0.113. The van der Waals surface area contributed by atoms with Crippen LogP contribution < -0.4 is 0 Å². The molecule has 0 bridgehead atoms. The number of carbonyl (C=O) groups excluding carboxylic acids is 1. The first-order chi connectivity index (χ1) is 10.7. The minimum atomic E-state index is 0.113. The van der Waals surface area contributed by atoms with Gasteiger partial charge in [-0.25, -0.2) is 0 Å². The molecule has 0 radical (unpaired) electrons. The fraction of sp³-hybridized carbons (Fsp3) is 0.389. The van der Waals surface area contributed by atoms with Gasteiger partial charge in [0.2, 0.25) is 0 Å². The highest BCUT2D eigenvalue weighted by atomic mass is 16.2. The van der Waals surface area contributed by atoms with E-state index in [9.17, 15) is 4.79 Å². The number of carbonyl (C=O) groups is 1. The van der Waals surface area contributed by atoms with Crippen LogP contribution in [-0.4, -0.2) is 33.4 Å². The summed E-state index contributed by atoms with van der Waals surface area (Å²) in [7, 11) is 0. The first kappa shape index (κ1) is 14.7. The highest BCUT2D eigenvalue weighted by Crippen LogP contribution is 2.23. The number of hydrogen-bond acceptors (Lipinski definition) is 3. The maximum Gasteiger partial charge on any atom is 0.255 e. The molecule has 0 aliphatic carbocycles. The lowest BCUT2D eigenvalue weighted by Crippen LogP contribution is -2.35. The van der Waals surface area contributed by atoms with Gasteiger partial charge in [0.25, 0.3) is 5.91 Å². The van der Waals surface area contributed by atoms with Crippen LogP contribution in [0.5, 0.6) is 0 Å². The zero-order chi connectivity index (χ0) is 15.4. The monoisotopic (exact) mass is 295 g/mol. The molecule has 1 saturated heterocycles. The molecular weight excluding hydrogens is 274 g/mol. The number of aryl methyl sites for hydroxylation is 2.